The van der Waals surface area contributed by atoms with Crippen molar-refractivity contribution in [2.45, 2.75) is 0 Å². The number of halogens is 2. The van der Waals surface area contributed by atoms with Gasteiger partial charge < -0.3 is 5.32 Å². The molecule has 7 heteroatoms. The number of carbonyl (C=O) groups is 1. The van der Waals surface area contributed by atoms with E-state index in [0.29, 0.717) is 11.4 Å². The number of aromatic nitrogens is 2. The van der Waals surface area contributed by atoms with Crippen LogP contribution >= 0.6 is 11.6 Å². The maximum Gasteiger partial charge on any atom is 0.276 e. The monoisotopic (exact) mass is 343 g/mol. The third-order valence-corrected chi connectivity index (χ3v) is 3.50. The van der Waals surface area contributed by atoms with Gasteiger partial charge in [0.05, 0.1) is 10.7 Å². The van der Waals surface area contributed by atoms with E-state index in [4.69, 9.17) is 11.6 Å². The molecule has 0 bridgehead atoms. The van der Waals surface area contributed by atoms with Crippen LogP contribution in [0.1, 0.15) is 10.5 Å². The van der Waals surface area contributed by atoms with Crippen molar-refractivity contribution in [1.29, 1.82) is 0 Å². The molecule has 0 fully saturated rings. The summed E-state index contributed by atoms with van der Waals surface area (Å²) in [6.07, 6.45) is 0. The maximum absolute atomic E-state index is 13.1. The second-order valence-corrected chi connectivity index (χ2v) is 5.29. The molecule has 0 spiro atoms. The van der Waals surface area contributed by atoms with E-state index in [-0.39, 0.29) is 16.3 Å². The number of benzene rings is 2. The van der Waals surface area contributed by atoms with Gasteiger partial charge in [-0.15, -0.1) is 0 Å². The highest BCUT2D eigenvalue weighted by Gasteiger charge is 2.12. The molecule has 24 heavy (non-hydrogen) atoms. The standard InChI is InChI=1S/C17H11ClFN3O2/c18-13-10-11(6-7-14(13)19)20-17(24)15-8-9-16(23)22(21-15)12-4-2-1-3-5-12/h1-10H,(H,20,24). The Kier molecular flexibility index (Phi) is 4.39. The highest BCUT2D eigenvalue weighted by molar-refractivity contribution is 6.31. The van der Waals surface area contributed by atoms with Crippen LogP contribution in [0.15, 0.2) is 65.5 Å². The number of hydrogen-bond donors (Lipinski definition) is 1. The quantitative estimate of drug-likeness (QED) is 0.793. The van der Waals surface area contributed by atoms with Crippen molar-refractivity contribution < 1.29 is 9.18 Å². The molecular weight excluding hydrogens is 333 g/mol. The molecule has 1 amide bonds. The van der Waals surface area contributed by atoms with Crippen molar-refractivity contribution in [3.8, 4) is 5.69 Å². The van der Waals surface area contributed by atoms with Gasteiger partial charge in [0, 0.05) is 11.8 Å². The number of nitrogens with one attached hydrogen (secondary N) is 1. The molecule has 0 aliphatic rings. The van der Waals surface area contributed by atoms with E-state index in [1.807, 2.05) is 6.07 Å². The van der Waals surface area contributed by atoms with Gasteiger partial charge in [0.25, 0.3) is 11.5 Å². The predicted molar refractivity (Wildman–Crippen MR) is 89.2 cm³/mol. The second kappa shape index (κ2) is 6.64. The summed E-state index contributed by atoms with van der Waals surface area (Å²) in [7, 11) is 0. The number of hydrogen-bond acceptors (Lipinski definition) is 3. The Hall–Kier alpha value is -2.99. The van der Waals surface area contributed by atoms with Crippen LogP contribution < -0.4 is 10.9 Å². The van der Waals surface area contributed by atoms with Crippen LogP contribution in [0.2, 0.25) is 5.02 Å². The van der Waals surface area contributed by atoms with Gasteiger partial charge in [-0.05, 0) is 36.4 Å². The Morgan fingerprint density at radius 3 is 2.54 bits per heavy atom. The summed E-state index contributed by atoms with van der Waals surface area (Å²) >= 11 is 5.68. The van der Waals surface area contributed by atoms with Gasteiger partial charge in [-0.25, -0.2) is 4.39 Å². The van der Waals surface area contributed by atoms with Gasteiger partial charge >= 0.3 is 0 Å². The van der Waals surface area contributed by atoms with E-state index >= 15 is 0 Å². The number of amides is 1. The molecule has 0 unspecified atom stereocenters. The zero-order valence-corrected chi connectivity index (χ0v) is 13.0. The van der Waals surface area contributed by atoms with E-state index < -0.39 is 11.7 Å². The molecule has 0 aliphatic heterocycles. The number of para-hydroxylation sites is 1. The Bertz CT molecular complexity index is 958. The summed E-state index contributed by atoms with van der Waals surface area (Å²) in [5.41, 5.74) is 0.550. The number of rotatable bonds is 3. The predicted octanol–water partition coefficient (Wildman–Crippen LogP) is 3.28. The van der Waals surface area contributed by atoms with Crippen LogP contribution in [-0.2, 0) is 0 Å². The molecule has 0 saturated carbocycles. The third-order valence-electron chi connectivity index (χ3n) is 3.21. The first-order chi connectivity index (χ1) is 11.5. The number of anilines is 1. The SMILES string of the molecule is O=C(Nc1ccc(F)c(Cl)c1)c1ccc(=O)n(-c2ccccc2)n1. The van der Waals surface area contributed by atoms with Gasteiger partial charge in [0.2, 0.25) is 0 Å². The van der Waals surface area contributed by atoms with Crippen LogP contribution in [0.25, 0.3) is 5.69 Å². The van der Waals surface area contributed by atoms with Crippen molar-refractivity contribution in [2.24, 2.45) is 0 Å². The van der Waals surface area contributed by atoms with Crippen molar-refractivity contribution in [2.75, 3.05) is 5.32 Å². The Morgan fingerprint density at radius 1 is 1.08 bits per heavy atom. The minimum atomic E-state index is -0.578. The van der Waals surface area contributed by atoms with Crippen molar-refractivity contribution in [1.82, 2.24) is 9.78 Å². The van der Waals surface area contributed by atoms with Crippen molar-refractivity contribution in [3.63, 3.8) is 0 Å². The topological polar surface area (TPSA) is 64.0 Å². The zero-order chi connectivity index (χ0) is 17.1. The lowest BCUT2D eigenvalue weighted by molar-refractivity contribution is 0.102. The van der Waals surface area contributed by atoms with Crippen LogP contribution in [-0.4, -0.2) is 15.7 Å². The molecule has 0 saturated heterocycles. The van der Waals surface area contributed by atoms with Gasteiger partial charge in [-0.3, -0.25) is 9.59 Å². The smallest absolute Gasteiger partial charge is 0.276 e. The highest BCUT2D eigenvalue weighted by atomic mass is 35.5. The first-order valence-corrected chi connectivity index (χ1v) is 7.34. The van der Waals surface area contributed by atoms with Crippen LogP contribution in [0, 0.1) is 5.82 Å². The first kappa shape index (κ1) is 15.9. The normalized spacial score (nSPS) is 10.4. The molecule has 3 aromatic rings. The van der Waals surface area contributed by atoms with E-state index in [1.54, 1.807) is 24.3 Å². The molecule has 120 valence electrons. The first-order valence-electron chi connectivity index (χ1n) is 6.97. The molecule has 1 heterocycles. The third kappa shape index (κ3) is 3.33. The summed E-state index contributed by atoms with van der Waals surface area (Å²) in [6.45, 7) is 0. The van der Waals surface area contributed by atoms with Crippen molar-refractivity contribution in [3.05, 3.63) is 87.6 Å². The summed E-state index contributed by atoms with van der Waals surface area (Å²) in [6, 6.07) is 15.1. The average molecular weight is 344 g/mol. The minimum absolute atomic E-state index is 0.0406. The Morgan fingerprint density at radius 2 is 1.83 bits per heavy atom. The van der Waals surface area contributed by atoms with Crippen molar-refractivity contribution >= 4 is 23.2 Å². The zero-order valence-electron chi connectivity index (χ0n) is 12.2. The maximum atomic E-state index is 13.1. The summed E-state index contributed by atoms with van der Waals surface area (Å²) < 4.78 is 14.3. The summed E-state index contributed by atoms with van der Waals surface area (Å²) in [4.78, 5) is 24.2. The molecule has 1 N–H and O–H groups in total. The van der Waals surface area contributed by atoms with Crippen LogP contribution in [0.3, 0.4) is 0 Å². The van der Waals surface area contributed by atoms with Gasteiger partial charge in [0.1, 0.15) is 11.5 Å². The van der Waals surface area contributed by atoms with E-state index in [0.717, 1.165) is 10.7 Å². The highest BCUT2D eigenvalue weighted by Crippen LogP contribution is 2.19. The fourth-order valence-corrected chi connectivity index (χ4v) is 2.24. The van der Waals surface area contributed by atoms with Gasteiger partial charge in [-0.1, -0.05) is 29.8 Å². The lowest BCUT2D eigenvalue weighted by Crippen LogP contribution is -2.24. The Labute approximate surface area is 141 Å². The molecule has 3 rings (SSSR count). The Balaban J connectivity index is 1.90. The number of nitrogens with zero attached hydrogens (tertiary/aromatic N) is 2. The summed E-state index contributed by atoms with van der Waals surface area (Å²) in [5, 5.41) is 6.52. The van der Waals surface area contributed by atoms with Gasteiger partial charge in [0.15, 0.2) is 0 Å². The minimum Gasteiger partial charge on any atom is -0.321 e. The fourth-order valence-electron chi connectivity index (χ4n) is 2.06. The molecule has 0 aliphatic carbocycles. The van der Waals surface area contributed by atoms with Crippen LogP contribution in [0.5, 0.6) is 0 Å². The number of carbonyl (C=O) groups excluding carboxylic acids is 1. The second-order valence-electron chi connectivity index (χ2n) is 4.89. The van der Waals surface area contributed by atoms with E-state index in [9.17, 15) is 14.0 Å². The summed E-state index contributed by atoms with van der Waals surface area (Å²) in [5.74, 6) is -1.12. The molecule has 5 nitrogen and oxygen atoms in total. The lowest BCUT2D eigenvalue weighted by Gasteiger charge is -2.08. The molecule has 2 aromatic carbocycles. The molecule has 1 aromatic heterocycles. The molecular formula is C17H11ClFN3O2. The van der Waals surface area contributed by atoms with E-state index in [2.05, 4.69) is 10.4 Å². The largest absolute Gasteiger partial charge is 0.321 e. The molecule has 0 atom stereocenters. The molecule has 0 radical (unpaired) electrons. The lowest BCUT2D eigenvalue weighted by atomic mass is 10.3. The average Bonchev–Trinajstić information content (AvgIpc) is 2.59. The van der Waals surface area contributed by atoms with E-state index in [1.165, 1.54) is 24.3 Å². The fraction of sp³-hybridized carbons (Fsp3) is 0. The van der Waals surface area contributed by atoms with Crippen LogP contribution in [0.4, 0.5) is 10.1 Å². The van der Waals surface area contributed by atoms with Gasteiger partial charge in [-0.2, -0.15) is 9.78 Å².